The van der Waals surface area contributed by atoms with Gasteiger partial charge in [-0.3, -0.25) is 4.79 Å². The number of nitrogens with zero attached hydrogens (tertiary/aromatic N) is 4. The van der Waals surface area contributed by atoms with Crippen molar-refractivity contribution in [3.8, 4) is 0 Å². The van der Waals surface area contributed by atoms with E-state index in [1.54, 1.807) is 19.1 Å². The van der Waals surface area contributed by atoms with E-state index in [2.05, 4.69) is 20.8 Å². The van der Waals surface area contributed by atoms with Crippen molar-refractivity contribution in [1.29, 1.82) is 0 Å². The maximum absolute atomic E-state index is 13.4. The Labute approximate surface area is 146 Å². The molecule has 7 nitrogen and oxygen atoms in total. The van der Waals surface area contributed by atoms with E-state index in [0.717, 1.165) is 0 Å². The fourth-order valence-electron chi connectivity index (χ4n) is 2.32. The molecular formula is C17H24FN5O2. The second-order valence-corrected chi connectivity index (χ2v) is 7.15. The number of aliphatic hydroxyl groups is 1. The fraction of sp³-hybridized carbons (Fsp3) is 0.529. The lowest BCUT2D eigenvalue weighted by atomic mass is 9.89. The summed E-state index contributed by atoms with van der Waals surface area (Å²) in [5, 5.41) is 24.1. The number of halogens is 1. The minimum absolute atomic E-state index is 0.114. The Balaban J connectivity index is 2.17. The Morgan fingerprint density at radius 2 is 2.12 bits per heavy atom. The minimum atomic E-state index is -0.732. The van der Waals surface area contributed by atoms with Crippen molar-refractivity contribution in [2.75, 3.05) is 6.54 Å². The van der Waals surface area contributed by atoms with Crippen molar-refractivity contribution < 1.29 is 14.3 Å². The molecule has 8 heteroatoms. The van der Waals surface area contributed by atoms with Crippen LogP contribution in [0.5, 0.6) is 0 Å². The molecule has 25 heavy (non-hydrogen) atoms. The summed E-state index contributed by atoms with van der Waals surface area (Å²) in [6.07, 6.45) is -0.456. The van der Waals surface area contributed by atoms with Crippen molar-refractivity contribution in [3.63, 3.8) is 0 Å². The Hall–Kier alpha value is -2.35. The molecule has 1 amide bonds. The van der Waals surface area contributed by atoms with Crippen LogP contribution in [0.2, 0.25) is 0 Å². The molecule has 2 aromatic rings. The maximum atomic E-state index is 13.4. The highest BCUT2D eigenvalue weighted by Gasteiger charge is 2.27. The summed E-state index contributed by atoms with van der Waals surface area (Å²) in [5.41, 5.74) is 0.308. The standard InChI is InChI=1S/C17H24FN5O2/c1-11-20-21-22-23(11)14(9-12-6-5-7-13(18)8-12)16(25)19-10-15(24)17(2,3)4/h5-8,14-15,24H,9-10H2,1-4H3,(H,19,25). The summed E-state index contributed by atoms with van der Waals surface area (Å²) in [7, 11) is 0. The first-order valence-electron chi connectivity index (χ1n) is 8.13. The van der Waals surface area contributed by atoms with Gasteiger partial charge in [-0.15, -0.1) is 5.10 Å². The zero-order valence-electron chi connectivity index (χ0n) is 14.9. The van der Waals surface area contributed by atoms with Gasteiger partial charge in [-0.1, -0.05) is 32.9 Å². The highest BCUT2D eigenvalue weighted by atomic mass is 19.1. The van der Waals surface area contributed by atoms with Gasteiger partial charge in [0.05, 0.1) is 6.10 Å². The van der Waals surface area contributed by atoms with E-state index in [1.807, 2.05) is 20.8 Å². The quantitative estimate of drug-likeness (QED) is 0.823. The van der Waals surface area contributed by atoms with Crippen LogP contribution in [-0.2, 0) is 11.2 Å². The van der Waals surface area contributed by atoms with Gasteiger partial charge >= 0.3 is 0 Å². The molecule has 0 aliphatic carbocycles. The van der Waals surface area contributed by atoms with Gasteiger partial charge in [-0.2, -0.15) is 0 Å². The highest BCUT2D eigenvalue weighted by molar-refractivity contribution is 5.80. The van der Waals surface area contributed by atoms with E-state index in [9.17, 15) is 14.3 Å². The number of amides is 1. The molecule has 1 heterocycles. The van der Waals surface area contributed by atoms with Crippen LogP contribution < -0.4 is 5.32 Å². The van der Waals surface area contributed by atoms with Crippen molar-refractivity contribution in [2.24, 2.45) is 5.41 Å². The van der Waals surface area contributed by atoms with E-state index in [-0.39, 0.29) is 30.1 Å². The Morgan fingerprint density at radius 3 is 2.68 bits per heavy atom. The fourth-order valence-corrected chi connectivity index (χ4v) is 2.32. The SMILES string of the molecule is Cc1nnnn1C(Cc1cccc(F)c1)C(=O)NCC(O)C(C)(C)C. The van der Waals surface area contributed by atoms with Crippen LogP contribution in [0, 0.1) is 18.2 Å². The normalized spacial score (nSPS) is 14.2. The number of rotatable bonds is 6. The monoisotopic (exact) mass is 349 g/mol. The van der Waals surface area contributed by atoms with Crippen LogP contribution in [-0.4, -0.2) is 43.9 Å². The summed E-state index contributed by atoms with van der Waals surface area (Å²) < 4.78 is 14.9. The molecule has 0 radical (unpaired) electrons. The number of hydrogen-bond donors (Lipinski definition) is 2. The molecular weight excluding hydrogens is 325 g/mol. The molecule has 0 saturated carbocycles. The van der Waals surface area contributed by atoms with E-state index in [0.29, 0.717) is 11.4 Å². The number of aromatic nitrogens is 4. The third-order valence-electron chi connectivity index (χ3n) is 4.04. The van der Waals surface area contributed by atoms with Gasteiger partial charge < -0.3 is 10.4 Å². The number of benzene rings is 1. The number of aliphatic hydroxyl groups excluding tert-OH is 1. The number of carbonyl (C=O) groups is 1. The summed E-state index contributed by atoms with van der Waals surface area (Å²) in [5.74, 6) is -0.218. The average Bonchev–Trinajstić information content (AvgIpc) is 2.95. The van der Waals surface area contributed by atoms with E-state index >= 15 is 0 Å². The second kappa shape index (κ2) is 7.69. The molecule has 1 aromatic heterocycles. The largest absolute Gasteiger partial charge is 0.391 e. The van der Waals surface area contributed by atoms with Crippen LogP contribution in [0.4, 0.5) is 4.39 Å². The first kappa shape index (κ1) is 19.0. The first-order valence-corrected chi connectivity index (χ1v) is 8.13. The molecule has 0 aliphatic heterocycles. The molecule has 2 atom stereocenters. The van der Waals surface area contributed by atoms with Crippen molar-refractivity contribution in [1.82, 2.24) is 25.5 Å². The summed E-state index contributed by atoms with van der Waals surface area (Å²) >= 11 is 0. The summed E-state index contributed by atoms with van der Waals surface area (Å²) in [6.45, 7) is 7.47. The van der Waals surface area contributed by atoms with Gasteiger partial charge in [0, 0.05) is 13.0 Å². The molecule has 0 spiro atoms. The predicted molar refractivity (Wildman–Crippen MR) is 90.2 cm³/mol. The van der Waals surface area contributed by atoms with Gasteiger partial charge in [0.15, 0.2) is 0 Å². The number of hydrogen-bond acceptors (Lipinski definition) is 5. The van der Waals surface area contributed by atoms with Crippen LogP contribution in [0.1, 0.15) is 38.2 Å². The van der Waals surface area contributed by atoms with Crippen LogP contribution in [0.3, 0.4) is 0 Å². The predicted octanol–water partition coefficient (Wildman–Crippen LogP) is 1.43. The molecule has 1 aromatic carbocycles. The smallest absolute Gasteiger partial charge is 0.245 e. The lowest BCUT2D eigenvalue weighted by molar-refractivity contribution is -0.125. The molecule has 0 saturated heterocycles. The van der Waals surface area contributed by atoms with Gasteiger partial charge in [-0.05, 0) is 40.5 Å². The van der Waals surface area contributed by atoms with Crippen molar-refractivity contribution >= 4 is 5.91 Å². The average molecular weight is 349 g/mol. The number of nitrogens with one attached hydrogen (secondary N) is 1. The first-order chi connectivity index (χ1) is 11.7. The second-order valence-electron chi connectivity index (χ2n) is 7.15. The summed E-state index contributed by atoms with van der Waals surface area (Å²) in [4.78, 5) is 12.7. The Morgan fingerprint density at radius 1 is 1.40 bits per heavy atom. The number of carbonyl (C=O) groups excluding carboxylic acids is 1. The van der Waals surface area contributed by atoms with Crippen LogP contribution >= 0.6 is 0 Å². The van der Waals surface area contributed by atoms with E-state index in [4.69, 9.17) is 0 Å². The third-order valence-corrected chi connectivity index (χ3v) is 4.04. The molecule has 0 bridgehead atoms. The van der Waals surface area contributed by atoms with E-state index < -0.39 is 12.1 Å². The van der Waals surface area contributed by atoms with Crippen molar-refractivity contribution in [2.45, 2.75) is 46.3 Å². The zero-order valence-corrected chi connectivity index (χ0v) is 14.9. The van der Waals surface area contributed by atoms with Gasteiger partial charge in [0.1, 0.15) is 17.7 Å². The van der Waals surface area contributed by atoms with Crippen molar-refractivity contribution in [3.05, 3.63) is 41.5 Å². The Bertz CT molecular complexity index is 726. The van der Waals surface area contributed by atoms with Crippen LogP contribution in [0.15, 0.2) is 24.3 Å². The lowest BCUT2D eigenvalue weighted by Crippen LogP contribution is -2.42. The number of tetrazole rings is 1. The topological polar surface area (TPSA) is 92.9 Å². The molecule has 0 aliphatic rings. The molecule has 2 N–H and O–H groups in total. The van der Waals surface area contributed by atoms with E-state index in [1.165, 1.54) is 16.8 Å². The lowest BCUT2D eigenvalue weighted by Gasteiger charge is -2.27. The van der Waals surface area contributed by atoms with Crippen LogP contribution in [0.25, 0.3) is 0 Å². The minimum Gasteiger partial charge on any atom is -0.391 e. The molecule has 2 unspecified atom stereocenters. The molecule has 0 fully saturated rings. The third kappa shape index (κ3) is 5.06. The maximum Gasteiger partial charge on any atom is 0.245 e. The van der Waals surface area contributed by atoms with Gasteiger partial charge in [0.25, 0.3) is 0 Å². The highest BCUT2D eigenvalue weighted by Crippen LogP contribution is 2.19. The summed E-state index contributed by atoms with van der Waals surface area (Å²) in [6, 6.07) is 5.33. The molecule has 136 valence electrons. The van der Waals surface area contributed by atoms with Gasteiger partial charge in [-0.25, -0.2) is 9.07 Å². The van der Waals surface area contributed by atoms with Gasteiger partial charge in [0.2, 0.25) is 5.91 Å². The number of aryl methyl sites for hydroxylation is 1. The zero-order chi connectivity index (χ0) is 18.6. The molecule has 2 rings (SSSR count). The Kier molecular flexibility index (Phi) is 5.84.